The van der Waals surface area contributed by atoms with E-state index in [9.17, 15) is 5.11 Å². The zero-order chi connectivity index (χ0) is 50.2. The zero-order valence-electron chi connectivity index (χ0n) is 44.1. The van der Waals surface area contributed by atoms with Crippen LogP contribution in [0.25, 0.3) is 83.9 Å². The van der Waals surface area contributed by atoms with Gasteiger partial charge >= 0.3 is 0 Å². The second kappa shape index (κ2) is 16.5. The molecule has 0 atom stereocenters. The number of hydrogen-bond acceptors (Lipinski definition) is 3. The second-order valence-electron chi connectivity index (χ2n) is 20.3. The molecule has 0 bridgehead atoms. The first-order valence-corrected chi connectivity index (χ1v) is 22.4. The third kappa shape index (κ3) is 8.42. The molecule has 0 saturated carbocycles. The highest BCUT2D eigenvalue weighted by Crippen LogP contribution is 2.46. The number of aryl methyl sites for hydroxylation is 1. The largest absolute Gasteiger partial charge is 0.507 e. The number of pyridine rings is 1. The molecule has 9 aromatic rings. The first kappa shape index (κ1) is 37.3. The quantitative estimate of drug-likeness (QED) is 0.174. The van der Waals surface area contributed by atoms with E-state index in [2.05, 4.69) is 183 Å². The number of aromatic nitrogens is 3. The van der Waals surface area contributed by atoms with Crippen LogP contribution in [0.15, 0.2) is 170 Å². The van der Waals surface area contributed by atoms with Gasteiger partial charge in [0.15, 0.2) is 0 Å². The van der Waals surface area contributed by atoms with E-state index in [1.54, 1.807) is 18.3 Å². The third-order valence-corrected chi connectivity index (χ3v) is 12.4. The molecule has 2 heterocycles. The van der Waals surface area contributed by atoms with Crippen LogP contribution in [0, 0.1) is 6.92 Å². The van der Waals surface area contributed by atoms with Gasteiger partial charge in [-0.3, -0.25) is 9.55 Å². The summed E-state index contributed by atoms with van der Waals surface area (Å²) in [6.07, 6.45) is 1.63. The van der Waals surface area contributed by atoms with E-state index in [1.807, 2.05) is 12.1 Å². The molecule has 4 heteroatoms. The minimum Gasteiger partial charge on any atom is -0.507 e. The molecule has 0 aliphatic heterocycles. The molecule has 65 heavy (non-hydrogen) atoms. The molecule has 324 valence electrons. The number of phenols is 1. The van der Waals surface area contributed by atoms with E-state index in [4.69, 9.17) is 16.8 Å². The minimum absolute atomic E-state index is 0.125. The Hall–Kier alpha value is -7.04. The summed E-state index contributed by atoms with van der Waals surface area (Å²) in [6.45, 7) is 21.7. The lowest BCUT2D eigenvalue weighted by molar-refractivity contribution is 0.446. The summed E-state index contributed by atoms with van der Waals surface area (Å²) in [7, 11) is 0. The van der Waals surface area contributed by atoms with Crippen LogP contribution in [0.1, 0.15) is 91.4 Å². The van der Waals surface area contributed by atoms with Gasteiger partial charge in [0.25, 0.3) is 0 Å². The first-order chi connectivity index (χ1) is 33.0. The molecule has 0 fully saturated rings. The van der Waals surface area contributed by atoms with E-state index in [0.717, 1.165) is 77.9 Å². The van der Waals surface area contributed by atoms with Crippen molar-refractivity contribution in [2.45, 2.75) is 85.5 Å². The van der Waals surface area contributed by atoms with Crippen LogP contribution in [0.3, 0.4) is 0 Å². The molecule has 0 spiro atoms. The molecule has 0 unspecified atom stereocenters. The lowest BCUT2D eigenvalue weighted by Crippen LogP contribution is -2.17. The van der Waals surface area contributed by atoms with Crippen LogP contribution >= 0.6 is 0 Å². The topological polar surface area (TPSA) is 50.9 Å². The van der Waals surface area contributed by atoms with Crippen molar-refractivity contribution in [3.8, 4) is 78.6 Å². The zero-order valence-corrected chi connectivity index (χ0v) is 39.1. The molecule has 0 radical (unpaired) electrons. The molecule has 7 aromatic carbocycles. The Morgan fingerprint density at radius 3 is 1.78 bits per heavy atom. The summed E-state index contributed by atoms with van der Waals surface area (Å²) in [5.41, 5.74) is 14.4. The van der Waals surface area contributed by atoms with Crippen molar-refractivity contribution in [1.82, 2.24) is 14.5 Å². The van der Waals surface area contributed by atoms with Gasteiger partial charge in [-0.1, -0.05) is 177 Å². The average Bonchev–Trinajstić information content (AvgIpc) is 3.71. The van der Waals surface area contributed by atoms with Crippen molar-refractivity contribution < 1.29 is 12.0 Å². The Kier molecular flexibility index (Phi) is 9.48. The van der Waals surface area contributed by atoms with Gasteiger partial charge in [0, 0.05) is 28.5 Å². The first-order valence-electron chi connectivity index (χ1n) is 24.9. The molecule has 0 aliphatic carbocycles. The van der Waals surface area contributed by atoms with Crippen molar-refractivity contribution in [1.29, 1.82) is 0 Å². The minimum atomic E-state index is -0.433. The highest BCUT2D eigenvalue weighted by Gasteiger charge is 2.30. The predicted molar refractivity (Wildman–Crippen MR) is 274 cm³/mol. The van der Waals surface area contributed by atoms with Crippen molar-refractivity contribution in [2.75, 3.05) is 0 Å². The number of hydrogen-bond donors (Lipinski definition) is 1. The summed E-state index contributed by atoms with van der Waals surface area (Å²) in [5, 5.41) is 12.7. The van der Waals surface area contributed by atoms with E-state index < -0.39 is 6.04 Å². The molecule has 9 rings (SSSR count). The van der Waals surface area contributed by atoms with Gasteiger partial charge in [0.1, 0.15) is 11.6 Å². The summed E-state index contributed by atoms with van der Waals surface area (Å²) < 4.78 is 44.6. The fourth-order valence-electron chi connectivity index (χ4n) is 8.73. The number of nitrogens with zero attached hydrogens (tertiary/aromatic N) is 3. The Morgan fingerprint density at radius 2 is 1.14 bits per heavy atom. The fraction of sp³-hybridized carbons (Fsp3) is 0.213. The van der Waals surface area contributed by atoms with Gasteiger partial charge in [-0.05, 0) is 122 Å². The molecule has 2 aromatic heterocycles. The Labute approximate surface area is 392 Å². The van der Waals surface area contributed by atoms with Gasteiger partial charge in [-0.15, -0.1) is 0 Å². The summed E-state index contributed by atoms with van der Waals surface area (Å²) in [6, 6.07) is 44.1. The number of fused-ring (bicyclic) bond motifs is 1. The van der Waals surface area contributed by atoms with Crippen molar-refractivity contribution >= 4 is 11.0 Å². The number of benzene rings is 7. The standard InChI is InChI=1S/C61H59N3O/c1-39-31-50(42-25-18-13-19-26-42)55(38-49(39)41-23-16-12-17-24-41)64-54-28-20-27-48(56(54)63-58(64)51-36-47(60(5,6)7)37-52(57(51)65)61(8,9)10)44-32-45(34-46(33-44)59(2,3)4)53-35-43(29-30-62-53)40-21-14-11-15-22-40/h11-38,65H,1-10H3/i11D,14D,15D,21D,22D. The molecule has 0 amide bonds. The van der Waals surface area contributed by atoms with E-state index in [0.29, 0.717) is 22.6 Å². The lowest BCUT2D eigenvalue weighted by Gasteiger charge is -2.28. The third-order valence-electron chi connectivity index (χ3n) is 12.4. The monoisotopic (exact) mass is 854 g/mol. The van der Waals surface area contributed by atoms with Crippen LogP contribution < -0.4 is 0 Å². The van der Waals surface area contributed by atoms with Gasteiger partial charge in [-0.2, -0.15) is 0 Å². The fourth-order valence-corrected chi connectivity index (χ4v) is 8.73. The molecule has 0 aliphatic rings. The molecular formula is C61H59N3O. The number of para-hydroxylation sites is 1. The maximum atomic E-state index is 12.7. The molecule has 4 nitrogen and oxygen atoms in total. The number of imidazole rings is 1. The van der Waals surface area contributed by atoms with Gasteiger partial charge in [0.05, 0.1) is 34.8 Å². The van der Waals surface area contributed by atoms with E-state index >= 15 is 0 Å². The molecular weight excluding hydrogens is 791 g/mol. The summed E-state index contributed by atoms with van der Waals surface area (Å²) in [5.74, 6) is 0.800. The van der Waals surface area contributed by atoms with Crippen molar-refractivity contribution in [2.24, 2.45) is 0 Å². The van der Waals surface area contributed by atoms with Crippen molar-refractivity contribution in [3.63, 3.8) is 0 Å². The smallest absolute Gasteiger partial charge is 0.149 e. The highest BCUT2D eigenvalue weighted by molar-refractivity contribution is 5.98. The Morgan fingerprint density at radius 1 is 0.508 bits per heavy atom. The maximum absolute atomic E-state index is 12.7. The normalized spacial score (nSPS) is 13.3. The number of phenolic OH excluding ortho intramolecular Hbond substituents is 1. The predicted octanol–water partition coefficient (Wildman–Crippen LogP) is 16.3. The van der Waals surface area contributed by atoms with Crippen molar-refractivity contribution in [3.05, 3.63) is 192 Å². The van der Waals surface area contributed by atoms with E-state index in [-0.39, 0.29) is 51.7 Å². The van der Waals surface area contributed by atoms with Crippen LogP contribution in [-0.4, -0.2) is 19.6 Å². The Balaban J connectivity index is 1.38. The van der Waals surface area contributed by atoms with Gasteiger partial charge in [0.2, 0.25) is 0 Å². The van der Waals surface area contributed by atoms with Gasteiger partial charge in [-0.25, -0.2) is 4.98 Å². The number of aromatic hydroxyl groups is 1. The van der Waals surface area contributed by atoms with E-state index in [1.165, 1.54) is 0 Å². The molecule has 0 saturated heterocycles. The lowest BCUT2D eigenvalue weighted by atomic mass is 9.79. The van der Waals surface area contributed by atoms with Crippen LogP contribution in [-0.2, 0) is 16.2 Å². The molecule has 1 N–H and O–H groups in total. The number of rotatable bonds is 7. The second-order valence-corrected chi connectivity index (χ2v) is 20.3. The van der Waals surface area contributed by atoms with Crippen LogP contribution in [0.5, 0.6) is 5.75 Å². The summed E-state index contributed by atoms with van der Waals surface area (Å²) >= 11 is 0. The van der Waals surface area contributed by atoms with Crippen LogP contribution in [0.4, 0.5) is 0 Å². The van der Waals surface area contributed by atoms with Crippen LogP contribution in [0.2, 0.25) is 0 Å². The summed E-state index contributed by atoms with van der Waals surface area (Å²) in [4.78, 5) is 10.5. The SMILES string of the molecule is [2H]c1c([2H])c([2H])c(-c2ccnc(-c3cc(-c4cccc5c4nc(-c4cc(C(C)(C)C)cc(C(C)(C)C)c4O)n5-c4cc(-c5ccccc5)c(C)cc4-c4ccccc4)cc(C(C)(C)C)c3)c2)c([2H])c1[2H]. The Bertz CT molecular complexity index is 3470. The van der Waals surface area contributed by atoms with Gasteiger partial charge < -0.3 is 5.11 Å². The average molecular weight is 855 g/mol. The maximum Gasteiger partial charge on any atom is 0.149 e. The highest BCUT2D eigenvalue weighted by atomic mass is 16.3.